The standard InChI is InChI=1S/C20H33N3/c21-18-6-1-14(2-7-18)11-16-5-10-20(23)17(13-16)12-15-3-8-19(22)9-4-15/h5,10,13-15,18-19H,1-4,6-9,11-12,21-23H2. The van der Waals surface area contributed by atoms with Crippen LogP contribution >= 0.6 is 0 Å². The van der Waals surface area contributed by atoms with Crippen LogP contribution in [0.4, 0.5) is 5.69 Å². The Morgan fingerprint density at radius 2 is 1.26 bits per heavy atom. The van der Waals surface area contributed by atoms with Gasteiger partial charge in [0, 0.05) is 17.8 Å². The smallest absolute Gasteiger partial charge is 0.0346 e. The van der Waals surface area contributed by atoms with Gasteiger partial charge in [0.15, 0.2) is 0 Å². The van der Waals surface area contributed by atoms with E-state index in [-0.39, 0.29) is 0 Å². The Balaban J connectivity index is 1.60. The van der Waals surface area contributed by atoms with Crippen LogP contribution in [0.3, 0.4) is 0 Å². The molecule has 3 heteroatoms. The van der Waals surface area contributed by atoms with Gasteiger partial charge >= 0.3 is 0 Å². The summed E-state index contributed by atoms with van der Waals surface area (Å²) in [5.74, 6) is 1.57. The molecule has 1 aromatic carbocycles. The van der Waals surface area contributed by atoms with E-state index in [9.17, 15) is 0 Å². The molecule has 0 unspecified atom stereocenters. The fourth-order valence-corrected chi connectivity index (χ4v) is 4.39. The minimum atomic E-state index is 0.424. The zero-order valence-electron chi connectivity index (χ0n) is 14.3. The lowest BCUT2D eigenvalue weighted by Crippen LogP contribution is -2.27. The molecule has 2 fully saturated rings. The third kappa shape index (κ3) is 4.71. The van der Waals surface area contributed by atoms with Crippen molar-refractivity contribution < 1.29 is 0 Å². The summed E-state index contributed by atoms with van der Waals surface area (Å²) in [5.41, 5.74) is 22.1. The van der Waals surface area contributed by atoms with Crippen molar-refractivity contribution in [1.82, 2.24) is 0 Å². The monoisotopic (exact) mass is 315 g/mol. The lowest BCUT2D eigenvalue weighted by Gasteiger charge is -2.27. The number of hydrogen-bond acceptors (Lipinski definition) is 3. The van der Waals surface area contributed by atoms with E-state index in [1.54, 1.807) is 0 Å². The molecule has 0 aromatic heterocycles. The number of nitrogens with two attached hydrogens (primary N) is 3. The van der Waals surface area contributed by atoms with Crippen molar-refractivity contribution in [2.45, 2.75) is 76.3 Å². The molecule has 0 saturated heterocycles. The van der Waals surface area contributed by atoms with E-state index >= 15 is 0 Å². The number of rotatable bonds is 4. The second kappa shape index (κ2) is 7.67. The van der Waals surface area contributed by atoms with Gasteiger partial charge in [0.25, 0.3) is 0 Å². The summed E-state index contributed by atoms with van der Waals surface area (Å²) >= 11 is 0. The minimum absolute atomic E-state index is 0.424. The molecule has 0 bridgehead atoms. The molecule has 2 saturated carbocycles. The summed E-state index contributed by atoms with van der Waals surface area (Å²) in [6, 6.07) is 7.58. The maximum atomic E-state index is 6.24. The largest absolute Gasteiger partial charge is 0.399 e. The predicted octanol–water partition coefficient (Wildman–Crippen LogP) is 3.39. The van der Waals surface area contributed by atoms with E-state index in [4.69, 9.17) is 17.2 Å². The van der Waals surface area contributed by atoms with E-state index in [0.29, 0.717) is 12.1 Å². The van der Waals surface area contributed by atoms with Crippen LogP contribution in [-0.4, -0.2) is 12.1 Å². The van der Waals surface area contributed by atoms with Crippen molar-refractivity contribution in [3.8, 4) is 0 Å². The number of hydrogen-bond donors (Lipinski definition) is 3. The van der Waals surface area contributed by atoms with Gasteiger partial charge in [-0.1, -0.05) is 12.1 Å². The van der Waals surface area contributed by atoms with Gasteiger partial charge in [-0.25, -0.2) is 0 Å². The van der Waals surface area contributed by atoms with Gasteiger partial charge in [0.05, 0.1) is 0 Å². The summed E-state index contributed by atoms with van der Waals surface area (Å²) in [7, 11) is 0. The van der Waals surface area contributed by atoms with Crippen LogP contribution in [0, 0.1) is 11.8 Å². The molecule has 0 heterocycles. The topological polar surface area (TPSA) is 78.1 Å². The zero-order chi connectivity index (χ0) is 16.2. The summed E-state index contributed by atoms with van der Waals surface area (Å²) in [5, 5.41) is 0. The van der Waals surface area contributed by atoms with Crippen LogP contribution in [-0.2, 0) is 12.8 Å². The highest BCUT2D eigenvalue weighted by Crippen LogP contribution is 2.31. The highest BCUT2D eigenvalue weighted by molar-refractivity contribution is 5.49. The Bertz CT molecular complexity index is 498. The van der Waals surface area contributed by atoms with Gasteiger partial charge in [-0.2, -0.15) is 0 Å². The molecule has 0 amide bonds. The Labute approximate surface area is 141 Å². The Hall–Kier alpha value is -1.06. The van der Waals surface area contributed by atoms with Crippen LogP contribution in [0.1, 0.15) is 62.5 Å². The van der Waals surface area contributed by atoms with E-state index in [0.717, 1.165) is 23.9 Å². The molecule has 0 aliphatic heterocycles. The normalized spacial score (nSPS) is 31.9. The highest BCUT2D eigenvalue weighted by Gasteiger charge is 2.21. The first kappa shape index (κ1) is 16.8. The number of anilines is 1. The third-order valence-electron chi connectivity index (χ3n) is 6.02. The van der Waals surface area contributed by atoms with Crippen LogP contribution in [0.5, 0.6) is 0 Å². The van der Waals surface area contributed by atoms with E-state index in [1.165, 1.54) is 68.9 Å². The van der Waals surface area contributed by atoms with Gasteiger partial charge in [0.2, 0.25) is 0 Å². The number of benzene rings is 1. The van der Waals surface area contributed by atoms with Crippen LogP contribution in [0.15, 0.2) is 18.2 Å². The lowest BCUT2D eigenvalue weighted by molar-refractivity contribution is 0.322. The van der Waals surface area contributed by atoms with Crippen molar-refractivity contribution in [1.29, 1.82) is 0 Å². The Morgan fingerprint density at radius 3 is 1.83 bits per heavy atom. The average molecular weight is 316 g/mol. The zero-order valence-corrected chi connectivity index (χ0v) is 14.3. The number of nitrogen functional groups attached to an aromatic ring is 1. The molecule has 128 valence electrons. The summed E-state index contributed by atoms with van der Waals surface area (Å²) < 4.78 is 0. The van der Waals surface area contributed by atoms with E-state index < -0.39 is 0 Å². The molecule has 2 aliphatic carbocycles. The summed E-state index contributed by atoms with van der Waals surface area (Å²) in [6.07, 6.45) is 12.1. The molecule has 0 spiro atoms. The lowest BCUT2D eigenvalue weighted by atomic mass is 9.80. The van der Waals surface area contributed by atoms with Crippen LogP contribution < -0.4 is 17.2 Å². The highest BCUT2D eigenvalue weighted by atomic mass is 14.6. The SMILES string of the molecule is Nc1ccc(CC2CCC(N)CC2)cc1CC1CCC(N)CC1. The van der Waals surface area contributed by atoms with E-state index in [2.05, 4.69) is 18.2 Å². The second-order valence-corrected chi connectivity index (χ2v) is 8.00. The van der Waals surface area contributed by atoms with E-state index in [1.807, 2.05) is 0 Å². The molecule has 6 N–H and O–H groups in total. The fourth-order valence-electron chi connectivity index (χ4n) is 4.39. The summed E-state index contributed by atoms with van der Waals surface area (Å²) in [6.45, 7) is 0. The van der Waals surface area contributed by atoms with Gasteiger partial charge in [0.1, 0.15) is 0 Å². The van der Waals surface area contributed by atoms with Crippen LogP contribution in [0.2, 0.25) is 0 Å². The van der Waals surface area contributed by atoms with Crippen molar-refractivity contribution >= 4 is 5.69 Å². The third-order valence-corrected chi connectivity index (χ3v) is 6.02. The van der Waals surface area contributed by atoms with Crippen molar-refractivity contribution in [3.05, 3.63) is 29.3 Å². The van der Waals surface area contributed by atoms with Crippen LogP contribution in [0.25, 0.3) is 0 Å². The first-order chi connectivity index (χ1) is 11.1. The molecular weight excluding hydrogens is 282 g/mol. The molecule has 2 aliphatic rings. The first-order valence-electron chi connectivity index (χ1n) is 9.48. The molecular formula is C20H33N3. The Morgan fingerprint density at radius 1 is 0.739 bits per heavy atom. The van der Waals surface area contributed by atoms with Crippen molar-refractivity contribution in [3.63, 3.8) is 0 Å². The molecule has 0 atom stereocenters. The van der Waals surface area contributed by atoms with Gasteiger partial charge in [-0.05, 0) is 93.2 Å². The Kier molecular flexibility index (Phi) is 5.60. The maximum Gasteiger partial charge on any atom is 0.0346 e. The maximum absolute atomic E-state index is 6.24. The fraction of sp³-hybridized carbons (Fsp3) is 0.700. The predicted molar refractivity (Wildman–Crippen MR) is 98.1 cm³/mol. The van der Waals surface area contributed by atoms with Crippen molar-refractivity contribution in [2.24, 2.45) is 23.3 Å². The minimum Gasteiger partial charge on any atom is -0.399 e. The van der Waals surface area contributed by atoms with Gasteiger partial charge < -0.3 is 17.2 Å². The molecule has 0 radical (unpaired) electrons. The van der Waals surface area contributed by atoms with Gasteiger partial charge in [-0.15, -0.1) is 0 Å². The second-order valence-electron chi connectivity index (χ2n) is 8.00. The van der Waals surface area contributed by atoms with Gasteiger partial charge in [-0.3, -0.25) is 0 Å². The summed E-state index contributed by atoms with van der Waals surface area (Å²) in [4.78, 5) is 0. The molecule has 1 aromatic rings. The van der Waals surface area contributed by atoms with Crippen molar-refractivity contribution in [2.75, 3.05) is 5.73 Å². The molecule has 3 rings (SSSR count). The molecule has 3 nitrogen and oxygen atoms in total. The molecule has 23 heavy (non-hydrogen) atoms. The first-order valence-corrected chi connectivity index (χ1v) is 9.48. The average Bonchev–Trinajstić information content (AvgIpc) is 2.55. The quantitative estimate of drug-likeness (QED) is 0.745.